The van der Waals surface area contributed by atoms with E-state index in [1.807, 2.05) is 6.07 Å². The van der Waals surface area contributed by atoms with Gasteiger partial charge in [-0.2, -0.15) is 0 Å². The van der Waals surface area contributed by atoms with Crippen molar-refractivity contribution in [2.75, 3.05) is 0 Å². The topological polar surface area (TPSA) is 26.0 Å². The maximum Gasteiger partial charge on any atom is 0.0294 e. The Labute approximate surface area is 128 Å². The van der Waals surface area contributed by atoms with Gasteiger partial charge in [-0.15, -0.1) is 12.4 Å². The van der Waals surface area contributed by atoms with Gasteiger partial charge in [-0.25, -0.2) is 0 Å². The summed E-state index contributed by atoms with van der Waals surface area (Å²) in [5, 5.41) is 0. The van der Waals surface area contributed by atoms with Crippen LogP contribution in [0.4, 0.5) is 0 Å². The molecule has 0 saturated heterocycles. The van der Waals surface area contributed by atoms with Gasteiger partial charge in [0.05, 0.1) is 0 Å². The Balaban J connectivity index is 0.00000200. The molecule has 2 aromatic rings. The first-order valence-electron chi connectivity index (χ1n) is 7.22. The third-order valence-electron chi connectivity index (χ3n) is 3.56. The molecule has 20 heavy (non-hydrogen) atoms. The van der Waals surface area contributed by atoms with Crippen LogP contribution >= 0.6 is 12.4 Å². The Morgan fingerprint density at radius 3 is 2.05 bits per heavy atom. The molecule has 1 nitrogen and oxygen atoms in total. The van der Waals surface area contributed by atoms with Gasteiger partial charge in [0.2, 0.25) is 0 Å². The molecule has 0 fully saturated rings. The predicted octanol–water partition coefficient (Wildman–Crippen LogP) is 5.36. The molecular weight excluding hydrogens is 266 g/mol. The minimum Gasteiger partial charge on any atom is -0.324 e. The summed E-state index contributed by atoms with van der Waals surface area (Å²) < 4.78 is 0. The standard InChI is InChI=1S/C18H23N.ClH/c1-2-3-5-10-18(19)17-13-11-16(12-14-17)15-8-6-4-7-9-15;/h4,6-9,11-14,18H,2-3,5,10,19H2,1H3;1H/t18-;/m1./s1. The summed E-state index contributed by atoms with van der Waals surface area (Å²) in [6, 6.07) is 19.3. The van der Waals surface area contributed by atoms with Gasteiger partial charge >= 0.3 is 0 Å². The number of nitrogens with two attached hydrogens (primary N) is 1. The van der Waals surface area contributed by atoms with Gasteiger partial charge in [-0.3, -0.25) is 0 Å². The van der Waals surface area contributed by atoms with Crippen LogP contribution in [0.1, 0.15) is 44.2 Å². The number of rotatable bonds is 6. The summed E-state index contributed by atoms with van der Waals surface area (Å²) in [4.78, 5) is 0. The summed E-state index contributed by atoms with van der Waals surface area (Å²) in [5.74, 6) is 0. The summed E-state index contributed by atoms with van der Waals surface area (Å²) in [7, 11) is 0. The highest BCUT2D eigenvalue weighted by atomic mass is 35.5. The van der Waals surface area contributed by atoms with Gasteiger partial charge in [0.25, 0.3) is 0 Å². The van der Waals surface area contributed by atoms with Crippen LogP contribution in [0.3, 0.4) is 0 Å². The zero-order valence-electron chi connectivity index (χ0n) is 12.1. The highest BCUT2D eigenvalue weighted by molar-refractivity contribution is 5.85. The molecule has 0 amide bonds. The molecule has 108 valence electrons. The van der Waals surface area contributed by atoms with Crippen LogP contribution in [0.5, 0.6) is 0 Å². The highest BCUT2D eigenvalue weighted by Crippen LogP contribution is 2.23. The molecule has 2 aromatic carbocycles. The van der Waals surface area contributed by atoms with Crippen LogP contribution < -0.4 is 5.73 Å². The smallest absolute Gasteiger partial charge is 0.0294 e. The lowest BCUT2D eigenvalue weighted by molar-refractivity contribution is 0.581. The quantitative estimate of drug-likeness (QED) is 0.712. The van der Waals surface area contributed by atoms with Crippen LogP contribution in [-0.4, -0.2) is 0 Å². The van der Waals surface area contributed by atoms with Crippen LogP contribution in [0.25, 0.3) is 11.1 Å². The summed E-state index contributed by atoms with van der Waals surface area (Å²) in [6.07, 6.45) is 4.83. The number of unbranched alkanes of at least 4 members (excludes halogenated alkanes) is 2. The molecule has 2 rings (SSSR count). The number of hydrogen-bond acceptors (Lipinski definition) is 1. The predicted molar refractivity (Wildman–Crippen MR) is 90.2 cm³/mol. The van der Waals surface area contributed by atoms with Crippen molar-refractivity contribution < 1.29 is 0 Å². The van der Waals surface area contributed by atoms with E-state index < -0.39 is 0 Å². The molecule has 1 atom stereocenters. The minimum atomic E-state index is 0. The Morgan fingerprint density at radius 1 is 0.850 bits per heavy atom. The molecule has 0 unspecified atom stereocenters. The molecule has 0 saturated carbocycles. The second-order valence-electron chi connectivity index (χ2n) is 5.09. The monoisotopic (exact) mass is 289 g/mol. The molecule has 0 aliphatic carbocycles. The van der Waals surface area contributed by atoms with E-state index in [1.165, 1.54) is 36.0 Å². The van der Waals surface area contributed by atoms with Gasteiger partial charge in [-0.1, -0.05) is 80.8 Å². The number of hydrogen-bond donors (Lipinski definition) is 1. The van der Waals surface area contributed by atoms with E-state index in [-0.39, 0.29) is 18.4 Å². The highest BCUT2D eigenvalue weighted by Gasteiger charge is 2.05. The Hall–Kier alpha value is -1.31. The average Bonchev–Trinajstić information content (AvgIpc) is 2.48. The van der Waals surface area contributed by atoms with Crippen molar-refractivity contribution in [2.45, 2.75) is 38.6 Å². The maximum absolute atomic E-state index is 6.22. The van der Waals surface area contributed by atoms with E-state index >= 15 is 0 Å². The SMILES string of the molecule is CCCCC[C@@H](N)c1ccc(-c2ccccc2)cc1.Cl. The molecular formula is C18H24ClN. The normalized spacial score (nSPS) is 11.7. The Morgan fingerprint density at radius 2 is 1.45 bits per heavy atom. The second-order valence-corrected chi connectivity index (χ2v) is 5.09. The lowest BCUT2D eigenvalue weighted by Crippen LogP contribution is -2.09. The van der Waals surface area contributed by atoms with Crippen LogP contribution in [-0.2, 0) is 0 Å². The fourth-order valence-corrected chi connectivity index (χ4v) is 2.33. The van der Waals surface area contributed by atoms with E-state index in [0.717, 1.165) is 6.42 Å². The minimum absolute atomic E-state index is 0. The van der Waals surface area contributed by atoms with Gasteiger partial charge in [0.1, 0.15) is 0 Å². The van der Waals surface area contributed by atoms with Crippen molar-refractivity contribution in [2.24, 2.45) is 5.73 Å². The van der Waals surface area contributed by atoms with Crippen molar-refractivity contribution in [3.05, 3.63) is 60.2 Å². The summed E-state index contributed by atoms with van der Waals surface area (Å²) in [5.41, 5.74) is 9.98. The first kappa shape index (κ1) is 16.7. The largest absolute Gasteiger partial charge is 0.324 e. The zero-order valence-corrected chi connectivity index (χ0v) is 12.9. The molecule has 2 heteroatoms. The van der Waals surface area contributed by atoms with E-state index in [2.05, 4.69) is 55.5 Å². The third-order valence-corrected chi connectivity index (χ3v) is 3.56. The molecule has 0 aromatic heterocycles. The lowest BCUT2D eigenvalue weighted by atomic mass is 9.98. The van der Waals surface area contributed by atoms with E-state index in [1.54, 1.807) is 0 Å². The zero-order chi connectivity index (χ0) is 13.5. The first-order valence-corrected chi connectivity index (χ1v) is 7.22. The number of halogens is 1. The summed E-state index contributed by atoms with van der Waals surface area (Å²) in [6.45, 7) is 2.22. The Kier molecular flexibility index (Phi) is 7.35. The van der Waals surface area contributed by atoms with Crippen LogP contribution in [0.15, 0.2) is 54.6 Å². The van der Waals surface area contributed by atoms with Crippen LogP contribution in [0, 0.1) is 0 Å². The fourth-order valence-electron chi connectivity index (χ4n) is 2.33. The first-order chi connectivity index (χ1) is 9.31. The Bertz CT molecular complexity index is 479. The molecule has 0 spiro atoms. The van der Waals surface area contributed by atoms with Crippen molar-refractivity contribution in [3.8, 4) is 11.1 Å². The van der Waals surface area contributed by atoms with Crippen molar-refractivity contribution in [1.82, 2.24) is 0 Å². The van der Waals surface area contributed by atoms with E-state index in [4.69, 9.17) is 5.73 Å². The van der Waals surface area contributed by atoms with Crippen LogP contribution in [0.2, 0.25) is 0 Å². The number of benzene rings is 2. The maximum atomic E-state index is 6.22. The molecule has 0 heterocycles. The molecule has 0 aliphatic heterocycles. The fraction of sp³-hybridized carbons (Fsp3) is 0.333. The molecule has 0 aliphatic rings. The van der Waals surface area contributed by atoms with E-state index in [0.29, 0.717) is 0 Å². The van der Waals surface area contributed by atoms with Gasteiger partial charge < -0.3 is 5.73 Å². The molecule has 0 bridgehead atoms. The van der Waals surface area contributed by atoms with Gasteiger partial charge in [0.15, 0.2) is 0 Å². The van der Waals surface area contributed by atoms with Gasteiger partial charge in [0, 0.05) is 6.04 Å². The van der Waals surface area contributed by atoms with Crippen molar-refractivity contribution in [1.29, 1.82) is 0 Å². The molecule has 0 radical (unpaired) electrons. The average molecular weight is 290 g/mol. The summed E-state index contributed by atoms with van der Waals surface area (Å²) >= 11 is 0. The second kappa shape index (κ2) is 8.78. The van der Waals surface area contributed by atoms with Gasteiger partial charge in [-0.05, 0) is 23.1 Å². The molecule has 2 N–H and O–H groups in total. The third kappa shape index (κ3) is 4.66. The van der Waals surface area contributed by atoms with Crippen molar-refractivity contribution in [3.63, 3.8) is 0 Å². The lowest BCUT2D eigenvalue weighted by Gasteiger charge is -2.12. The van der Waals surface area contributed by atoms with E-state index in [9.17, 15) is 0 Å². The van der Waals surface area contributed by atoms with Crippen molar-refractivity contribution >= 4 is 12.4 Å².